The van der Waals surface area contributed by atoms with E-state index in [-0.39, 0.29) is 6.54 Å². The molecule has 0 saturated carbocycles. The number of carbonyl (C=O) groups is 3. The second kappa shape index (κ2) is 7.11. The van der Waals surface area contributed by atoms with Gasteiger partial charge in [-0.25, -0.2) is 9.59 Å². The fourth-order valence-corrected chi connectivity index (χ4v) is 0.823. The van der Waals surface area contributed by atoms with Crippen LogP contribution in [0.3, 0.4) is 0 Å². The average Bonchev–Trinajstić information content (AvgIpc) is 2.16. The average molecular weight is 227 g/mol. The summed E-state index contributed by atoms with van der Waals surface area (Å²) in [6, 6.07) is -2.04. The smallest absolute Gasteiger partial charge is 0.326 e. The van der Waals surface area contributed by atoms with Crippen LogP contribution in [0, 0.1) is 11.8 Å². The van der Waals surface area contributed by atoms with Crippen molar-refractivity contribution in [3.63, 3.8) is 0 Å². The number of hydrogen-bond acceptors (Lipinski definition) is 3. The Labute approximate surface area is 92.4 Å². The van der Waals surface area contributed by atoms with E-state index in [9.17, 15) is 14.4 Å². The Kier molecular flexibility index (Phi) is 6.12. The van der Waals surface area contributed by atoms with Crippen LogP contribution in [0.5, 0.6) is 0 Å². The zero-order valence-electron chi connectivity index (χ0n) is 8.74. The van der Waals surface area contributed by atoms with Gasteiger partial charge in [0.25, 0.3) is 0 Å². The van der Waals surface area contributed by atoms with Crippen LogP contribution < -0.4 is 16.4 Å². The maximum Gasteiger partial charge on any atom is 0.326 e. The first-order valence-electron chi connectivity index (χ1n) is 4.42. The maximum absolute atomic E-state index is 11.1. The molecule has 5 N–H and O–H groups in total. The van der Waals surface area contributed by atoms with Gasteiger partial charge in [0.2, 0.25) is 5.91 Å². The van der Waals surface area contributed by atoms with Gasteiger partial charge in [0.1, 0.15) is 6.04 Å². The van der Waals surface area contributed by atoms with Gasteiger partial charge in [-0.3, -0.25) is 4.79 Å². The maximum atomic E-state index is 11.1. The molecule has 16 heavy (non-hydrogen) atoms. The molecule has 0 aliphatic heterocycles. The predicted octanol–water partition coefficient (Wildman–Crippen LogP) is -1.36. The highest BCUT2D eigenvalue weighted by atomic mass is 16.4. The molecule has 0 fully saturated rings. The number of nitrogens with one attached hydrogen (secondary N) is 2. The summed E-state index contributed by atoms with van der Waals surface area (Å²) in [5, 5.41) is 13.1. The van der Waals surface area contributed by atoms with Crippen molar-refractivity contribution >= 4 is 17.9 Å². The van der Waals surface area contributed by atoms with Gasteiger partial charge in [0, 0.05) is 0 Å². The van der Waals surface area contributed by atoms with Crippen LogP contribution in [-0.4, -0.2) is 35.6 Å². The van der Waals surface area contributed by atoms with Crippen LogP contribution >= 0.6 is 0 Å². The molecular weight excluding hydrogens is 214 g/mol. The topological polar surface area (TPSA) is 122 Å². The predicted molar refractivity (Wildman–Crippen MR) is 55.2 cm³/mol. The standard InChI is InChI=1S/C9H13N3O4/c1-2-3-4-11-9(16)12-6(8(14)15)5-7(10)13/h6H,4-5H2,1H3,(H2,10,13)(H,14,15)(H2,11,12,16)/t6-/m0/s1. The van der Waals surface area contributed by atoms with Crippen molar-refractivity contribution in [2.75, 3.05) is 6.54 Å². The molecule has 0 bridgehead atoms. The van der Waals surface area contributed by atoms with Gasteiger partial charge in [0.15, 0.2) is 0 Å². The number of carboxylic acids is 1. The monoisotopic (exact) mass is 227 g/mol. The van der Waals surface area contributed by atoms with Gasteiger partial charge in [-0.2, -0.15) is 0 Å². The SMILES string of the molecule is CC#CCNC(=O)N[C@@H](CC(N)=O)C(=O)O. The largest absolute Gasteiger partial charge is 0.480 e. The molecule has 0 aliphatic rings. The summed E-state index contributed by atoms with van der Waals surface area (Å²) in [6.45, 7) is 1.71. The molecule has 1 atom stereocenters. The number of urea groups is 1. The van der Waals surface area contributed by atoms with Crippen molar-refractivity contribution < 1.29 is 19.5 Å². The molecular formula is C9H13N3O4. The van der Waals surface area contributed by atoms with Crippen LogP contribution in [0.25, 0.3) is 0 Å². The summed E-state index contributed by atoms with van der Waals surface area (Å²) in [7, 11) is 0. The van der Waals surface area contributed by atoms with Gasteiger partial charge in [-0.05, 0) is 6.92 Å². The minimum atomic E-state index is -1.33. The quantitative estimate of drug-likeness (QED) is 0.433. The van der Waals surface area contributed by atoms with Crippen molar-refractivity contribution in [1.29, 1.82) is 0 Å². The highest BCUT2D eigenvalue weighted by Gasteiger charge is 2.21. The summed E-state index contributed by atoms with van der Waals surface area (Å²) >= 11 is 0. The molecule has 0 radical (unpaired) electrons. The summed E-state index contributed by atoms with van der Waals surface area (Å²) in [4.78, 5) is 32.3. The number of carboxylic acid groups (broad SMARTS) is 1. The van der Waals surface area contributed by atoms with Crippen LogP contribution in [0.15, 0.2) is 0 Å². The Hall–Kier alpha value is -2.23. The van der Waals surface area contributed by atoms with Gasteiger partial charge < -0.3 is 21.5 Å². The molecule has 3 amide bonds. The van der Waals surface area contributed by atoms with Crippen molar-refractivity contribution in [3.05, 3.63) is 0 Å². The number of primary amides is 1. The molecule has 88 valence electrons. The van der Waals surface area contributed by atoms with Crippen LogP contribution in [0.2, 0.25) is 0 Å². The molecule has 0 aromatic heterocycles. The third-order valence-corrected chi connectivity index (χ3v) is 1.52. The fraction of sp³-hybridized carbons (Fsp3) is 0.444. The lowest BCUT2D eigenvalue weighted by atomic mass is 10.2. The molecule has 7 heteroatoms. The van der Waals surface area contributed by atoms with E-state index < -0.39 is 30.4 Å². The molecule has 0 spiro atoms. The molecule has 0 heterocycles. The molecule has 0 rings (SSSR count). The third kappa shape index (κ3) is 6.26. The van der Waals surface area contributed by atoms with E-state index in [1.54, 1.807) is 6.92 Å². The first-order chi connectivity index (χ1) is 7.47. The third-order valence-electron chi connectivity index (χ3n) is 1.52. The normalized spacial score (nSPS) is 10.6. The number of aliphatic carboxylic acids is 1. The van der Waals surface area contributed by atoms with Crippen molar-refractivity contribution in [2.24, 2.45) is 5.73 Å². The van der Waals surface area contributed by atoms with Crippen molar-refractivity contribution in [3.8, 4) is 11.8 Å². The first kappa shape index (κ1) is 13.8. The molecule has 0 unspecified atom stereocenters. The zero-order valence-corrected chi connectivity index (χ0v) is 8.74. The Morgan fingerprint density at radius 3 is 2.50 bits per heavy atom. The fourth-order valence-electron chi connectivity index (χ4n) is 0.823. The second-order valence-corrected chi connectivity index (χ2v) is 2.82. The minimum Gasteiger partial charge on any atom is -0.480 e. The number of carbonyl (C=O) groups excluding carboxylic acids is 2. The van der Waals surface area contributed by atoms with E-state index in [0.717, 1.165) is 0 Å². The Bertz CT molecular complexity index is 342. The van der Waals surface area contributed by atoms with E-state index in [0.29, 0.717) is 0 Å². The van der Waals surface area contributed by atoms with E-state index >= 15 is 0 Å². The van der Waals surface area contributed by atoms with Crippen LogP contribution in [0.4, 0.5) is 4.79 Å². The summed E-state index contributed by atoms with van der Waals surface area (Å²) in [5.41, 5.74) is 4.83. The van der Waals surface area contributed by atoms with Crippen molar-refractivity contribution in [1.82, 2.24) is 10.6 Å². The van der Waals surface area contributed by atoms with E-state index in [4.69, 9.17) is 10.8 Å². The Morgan fingerprint density at radius 1 is 1.44 bits per heavy atom. The first-order valence-corrected chi connectivity index (χ1v) is 4.42. The van der Waals surface area contributed by atoms with Gasteiger partial charge in [0.05, 0.1) is 13.0 Å². The lowest BCUT2D eigenvalue weighted by Crippen LogP contribution is -2.47. The van der Waals surface area contributed by atoms with Crippen molar-refractivity contribution in [2.45, 2.75) is 19.4 Å². The Balaban J connectivity index is 4.16. The van der Waals surface area contributed by atoms with E-state index in [1.165, 1.54) is 0 Å². The van der Waals surface area contributed by atoms with E-state index in [2.05, 4.69) is 22.5 Å². The van der Waals surface area contributed by atoms with E-state index in [1.807, 2.05) is 0 Å². The Morgan fingerprint density at radius 2 is 2.06 bits per heavy atom. The minimum absolute atomic E-state index is 0.102. The number of hydrogen-bond donors (Lipinski definition) is 4. The second-order valence-electron chi connectivity index (χ2n) is 2.82. The number of amides is 3. The highest BCUT2D eigenvalue weighted by molar-refractivity contribution is 5.87. The molecule has 0 aliphatic carbocycles. The van der Waals surface area contributed by atoms with Gasteiger partial charge in [-0.15, -0.1) is 5.92 Å². The molecule has 0 saturated heterocycles. The van der Waals surface area contributed by atoms with Gasteiger partial charge in [-0.1, -0.05) is 5.92 Å². The summed E-state index contributed by atoms with van der Waals surface area (Å²) < 4.78 is 0. The number of nitrogens with two attached hydrogens (primary N) is 1. The summed E-state index contributed by atoms with van der Waals surface area (Å²) in [6.07, 6.45) is -0.456. The number of rotatable bonds is 5. The molecule has 0 aromatic carbocycles. The lowest BCUT2D eigenvalue weighted by Gasteiger charge is -2.12. The highest BCUT2D eigenvalue weighted by Crippen LogP contribution is 1.91. The van der Waals surface area contributed by atoms with Crippen LogP contribution in [0.1, 0.15) is 13.3 Å². The lowest BCUT2D eigenvalue weighted by molar-refractivity contribution is -0.140. The molecule has 7 nitrogen and oxygen atoms in total. The van der Waals surface area contributed by atoms with Gasteiger partial charge >= 0.3 is 12.0 Å². The summed E-state index contributed by atoms with van der Waals surface area (Å²) in [5.74, 6) is 2.98. The molecule has 0 aromatic rings. The zero-order chi connectivity index (χ0) is 12.6. The van der Waals surface area contributed by atoms with Crippen LogP contribution in [-0.2, 0) is 9.59 Å².